The van der Waals surface area contributed by atoms with Gasteiger partial charge in [0.25, 0.3) is 5.91 Å². The van der Waals surface area contributed by atoms with Crippen LogP contribution in [0.25, 0.3) is 11.0 Å². The van der Waals surface area contributed by atoms with Gasteiger partial charge < -0.3 is 14.2 Å². The molecule has 1 amide bonds. The van der Waals surface area contributed by atoms with Crippen LogP contribution in [0, 0.1) is 24.7 Å². The first kappa shape index (κ1) is 26.8. The smallest absolute Gasteiger partial charge is 0.416 e. The topological polar surface area (TPSA) is 64.4 Å². The van der Waals surface area contributed by atoms with E-state index in [1.165, 1.54) is 0 Å². The quantitative estimate of drug-likeness (QED) is 0.339. The first-order valence-electron chi connectivity index (χ1n) is 12.4. The minimum Gasteiger partial charge on any atom is -0.466 e. The van der Waals surface area contributed by atoms with Crippen molar-refractivity contribution >= 4 is 46.1 Å². The number of hydrogen-bond acceptors (Lipinski definition) is 4. The van der Waals surface area contributed by atoms with E-state index in [4.69, 9.17) is 27.9 Å². The highest BCUT2D eigenvalue weighted by atomic mass is 35.5. The molecule has 3 aromatic rings. The average molecular weight is 568 g/mol. The molecule has 6 nitrogen and oxygen atoms in total. The maximum Gasteiger partial charge on any atom is 0.416 e. The van der Waals surface area contributed by atoms with Gasteiger partial charge >= 0.3 is 12.1 Å². The molecule has 38 heavy (non-hydrogen) atoms. The van der Waals surface area contributed by atoms with Gasteiger partial charge in [-0.05, 0) is 67.0 Å². The van der Waals surface area contributed by atoms with E-state index in [0.29, 0.717) is 64.7 Å². The highest BCUT2D eigenvalue weighted by Crippen LogP contribution is 2.54. The summed E-state index contributed by atoms with van der Waals surface area (Å²) in [5.41, 5.74) is 1.27. The molecule has 2 heterocycles. The van der Waals surface area contributed by atoms with E-state index in [0.717, 1.165) is 12.1 Å². The number of aryl methyl sites for hydroxylation is 2. The largest absolute Gasteiger partial charge is 0.466 e. The SMILES string of the molecule is CCOC(=O)CC1[C@H]2CN(C(=O)c3ccc(Cl)c(Cc4nc5c(C)cc(C(F)(F)F)cc5n4C)c3Cl)C[C@@H]12. The molecule has 2 aliphatic rings. The van der Waals surface area contributed by atoms with Gasteiger partial charge in [-0.15, -0.1) is 0 Å². The summed E-state index contributed by atoms with van der Waals surface area (Å²) in [5.74, 6) is 0.846. The van der Waals surface area contributed by atoms with Crippen molar-refractivity contribution in [2.45, 2.75) is 32.9 Å². The van der Waals surface area contributed by atoms with Crippen molar-refractivity contribution in [2.75, 3.05) is 19.7 Å². The van der Waals surface area contributed by atoms with Crippen LogP contribution in [-0.4, -0.2) is 46.0 Å². The molecule has 2 aromatic carbocycles. The highest BCUT2D eigenvalue weighted by molar-refractivity contribution is 6.38. The summed E-state index contributed by atoms with van der Waals surface area (Å²) in [4.78, 5) is 31.5. The van der Waals surface area contributed by atoms with Crippen molar-refractivity contribution in [1.29, 1.82) is 0 Å². The van der Waals surface area contributed by atoms with Gasteiger partial charge in [-0.1, -0.05) is 23.2 Å². The fourth-order valence-corrected chi connectivity index (χ4v) is 6.20. The molecule has 1 aromatic heterocycles. The molecule has 3 atom stereocenters. The zero-order valence-electron chi connectivity index (χ0n) is 21.0. The molecule has 1 saturated heterocycles. The third-order valence-electron chi connectivity index (χ3n) is 7.71. The number of benzene rings is 2. The van der Waals surface area contributed by atoms with Crippen LogP contribution in [-0.2, 0) is 29.2 Å². The molecule has 0 N–H and O–H groups in total. The predicted octanol–water partition coefficient (Wildman–Crippen LogP) is 6.07. The Bertz CT molecular complexity index is 1440. The van der Waals surface area contributed by atoms with Crippen molar-refractivity contribution in [3.8, 4) is 0 Å². The first-order chi connectivity index (χ1) is 17.9. The van der Waals surface area contributed by atoms with Crippen LogP contribution in [0.1, 0.15) is 46.2 Å². The van der Waals surface area contributed by atoms with Gasteiger partial charge in [0.1, 0.15) is 5.82 Å². The Labute approximate surface area is 227 Å². The minimum atomic E-state index is -4.47. The Morgan fingerprint density at radius 1 is 1.16 bits per heavy atom. The summed E-state index contributed by atoms with van der Waals surface area (Å²) < 4.78 is 46.7. The van der Waals surface area contributed by atoms with Crippen LogP contribution in [0.4, 0.5) is 13.2 Å². The zero-order valence-corrected chi connectivity index (χ0v) is 22.5. The van der Waals surface area contributed by atoms with Crippen LogP contribution in [0.3, 0.4) is 0 Å². The van der Waals surface area contributed by atoms with E-state index >= 15 is 0 Å². The van der Waals surface area contributed by atoms with Gasteiger partial charge in [0, 0.05) is 38.0 Å². The molecule has 0 spiro atoms. The van der Waals surface area contributed by atoms with Crippen LogP contribution in [0.2, 0.25) is 10.0 Å². The number of esters is 1. The molecule has 5 rings (SSSR count). The van der Waals surface area contributed by atoms with E-state index in [1.807, 2.05) is 0 Å². The predicted molar refractivity (Wildman–Crippen MR) is 137 cm³/mol. The number of alkyl halides is 3. The highest BCUT2D eigenvalue weighted by Gasteiger charge is 2.57. The number of imidazole rings is 1. The standard InChI is InChI=1S/C27H26Cl2F3N3O3/c1-4-38-23(36)10-16-18-11-35(12-19(16)18)26(37)15-5-6-20(28)17(24(15)29)9-22-33-25-13(2)7-14(27(30,31)32)8-21(25)34(22)3/h5-8,16,18-19H,4,9-12H2,1-3H3/t16?,18-,19+. The Kier molecular flexibility index (Phi) is 6.88. The van der Waals surface area contributed by atoms with Gasteiger partial charge in [-0.25, -0.2) is 4.98 Å². The zero-order chi connectivity index (χ0) is 27.5. The van der Waals surface area contributed by atoms with Crippen LogP contribution in [0.15, 0.2) is 24.3 Å². The van der Waals surface area contributed by atoms with Gasteiger partial charge in [-0.3, -0.25) is 9.59 Å². The van der Waals surface area contributed by atoms with E-state index in [2.05, 4.69) is 4.98 Å². The number of aromatic nitrogens is 2. The molecular weight excluding hydrogens is 542 g/mol. The number of piperidine rings is 1. The summed E-state index contributed by atoms with van der Waals surface area (Å²) in [6.45, 7) is 4.81. The van der Waals surface area contributed by atoms with E-state index in [9.17, 15) is 22.8 Å². The molecule has 202 valence electrons. The summed E-state index contributed by atoms with van der Waals surface area (Å²) >= 11 is 13.2. The molecule has 11 heteroatoms. The Morgan fingerprint density at radius 2 is 1.84 bits per heavy atom. The lowest BCUT2D eigenvalue weighted by atomic mass is 10.1. The van der Waals surface area contributed by atoms with E-state index in [1.54, 1.807) is 42.5 Å². The summed E-state index contributed by atoms with van der Waals surface area (Å²) in [6, 6.07) is 5.35. The third kappa shape index (κ3) is 4.75. The van der Waals surface area contributed by atoms with Crippen molar-refractivity contribution < 1.29 is 27.5 Å². The monoisotopic (exact) mass is 567 g/mol. The number of carbonyl (C=O) groups excluding carboxylic acids is 2. The lowest BCUT2D eigenvalue weighted by Crippen LogP contribution is -2.32. The Morgan fingerprint density at radius 3 is 2.47 bits per heavy atom. The van der Waals surface area contributed by atoms with Crippen LogP contribution >= 0.6 is 23.2 Å². The van der Waals surface area contributed by atoms with Crippen LogP contribution < -0.4 is 0 Å². The molecule has 0 bridgehead atoms. The van der Waals surface area contributed by atoms with Crippen molar-refractivity contribution in [1.82, 2.24) is 14.5 Å². The number of ether oxygens (including phenoxy) is 1. The molecule has 0 radical (unpaired) electrons. The van der Waals surface area contributed by atoms with Gasteiger partial charge in [0.05, 0.1) is 33.8 Å². The molecular formula is C27H26Cl2F3N3O3. The van der Waals surface area contributed by atoms with Crippen molar-refractivity contribution in [3.05, 3.63) is 62.4 Å². The number of likely N-dealkylation sites (tertiary alicyclic amines) is 1. The maximum atomic E-state index is 13.3. The summed E-state index contributed by atoms with van der Waals surface area (Å²) in [6.07, 6.45) is -3.96. The van der Waals surface area contributed by atoms with Crippen LogP contribution in [0.5, 0.6) is 0 Å². The number of carbonyl (C=O) groups is 2. The maximum absolute atomic E-state index is 13.3. The van der Waals surface area contributed by atoms with E-state index in [-0.39, 0.29) is 41.1 Å². The molecule has 1 saturated carbocycles. The lowest BCUT2D eigenvalue weighted by molar-refractivity contribution is -0.143. The third-order valence-corrected chi connectivity index (χ3v) is 8.50. The molecule has 1 aliphatic carbocycles. The fraction of sp³-hybridized carbons (Fsp3) is 0.444. The number of amides is 1. The Hall–Kier alpha value is -2.78. The number of hydrogen-bond donors (Lipinski definition) is 0. The van der Waals surface area contributed by atoms with Gasteiger partial charge in [0.15, 0.2) is 0 Å². The van der Waals surface area contributed by atoms with E-state index < -0.39 is 11.7 Å². The number of nitrogens with zero attached hydrogens (tertiary/aromatic N) is 3. The first-order valence-corrected chi connectivity index (χ1v) is 13.1. The summed E-state index contributed by atoms with van der Waals surface area (Å²) in [7, 11) is 1.64. The molecule has 1 aliphatic heterocycles. The summed E-state index contributed by atoms with van der Waals surface area (Å²) in [5, 5.41) is 0.538. The second-order valence-corrected chi connectivity index (χ2v) is 10.8. The molecule has 2 fully saturated rings. The lowest BCUT2D eigenvalue weighted by Gasteiger charge is -2.21. The van der Waals surface area contributed by atoms with Crippen molar-refractivity contribution in [2.24, 2.45) is 24.8 Å². The average Bonchev–Trinajstić information content (AvgIpc) is 3.16. The van der Waals surface area contributed by atoms with Gasteiger partial charge in [-0.2, -0.15) is 13.2 Å². The van der Waals surface area contributed by atoms with Crippen molar-refractivity contribution in [3.63, 3.8) is 0 Å². The number of halogens is 5. The fourth-order valence-electron chi connectivity index (χ4n) is 5.61. The molecule has 1 unspecified atom stereocenters. The second-order valence-electron chi connectivity index (χ2n) is 10.0. The second kappa shape index (κ2) is 9.75. The minimum absolute atomic E-state index is 0.137. The number of fused-ring (bicyclic) bond motifs is 2. The van der Waals surface area contributed by atoms with Gasteiger partial charge in [0.2, 0.25) is 0 Å². The Balaban J connectivity index is 1.37. The number of rotatable bonds is 6. The normalized spacial score (nSPS) is 20.6.